The van der Waals surface area contributed by atoms with E-state index in [-0.39, 0.29) is 24.2 Å². The molecule has 130 valence electrons. The normalized spacial score (nSPS) is 16.2. The van der Waals surface area contributed by atoms with Crippen molar-refractivity contribution in [2.45, 2.75) is 25.4 Å². The zero-order chi connectivity index (χ0) is 16.1. The quantitative estimate of drug-likeness (QED) is 0.839. The monoisotopic (exact) mass is 351 g/mol. The molecule has 0 saturated carbocycles. The molecule has 24 heavy (non-hydrogen) atoms. The van der Waals surface area contributed by atoms with Gasteiger partial charge in [-0.3, -0.25) is 4.79 Å². The first-order chi connectivity index (χ1) is 11.2. The number of amides is 1. The number of aromatic nitrogens is 3. The number of ether oxygens (including phenoxy) is 1. The second kappa shape index (κ2) is 8.77. The summed E-state index contributed by atoms with van der Waals surface area (Å²) < 4.78 is 6.99. The Labute approximate surface area is 147 Å². The van der Waals surface area contributed by atoms with E-state index < -0.39 is 6.04 Å². The summed E-state index contributed by atoms with van der Waals surface area (Å²) in [6.07, 6.45) is 4.81. The second-order valence-electron chi connectivity index (χ2n) is 5.70. The van der Waals surface area contributed by atoms with Crippen molar-refractivity contribution in [2.24, 2.45) is 11.7 Å². The molecule has 1 atom stereocenters. The number of carbonyl (C=O) groups excluding carboxylic acids is 1. The van der Waals surface area contributed by atoms with E-state index in [9.17, 15) is 4.79 Å². The molecule has 3 rings (SSSR count). The van der Waals surface area contributed by atoms with Gasteiger partial charge in [-0.25, -0.2) is 9.67 Å². The number of nitrogens with zero attached hydrogens (tertiary/aromatic N) is 3. The van der Waals surface area contributed by atoms with Crippen molar-refractivity contribution in [1.82, 2.24) is 20.1 Å². The number of nitrogens with two attached hydrogens (primary N) is 1. The fraction of sp³-hybridized carbons (Fsp3) is 0.438. The predicted molar refractivity (Wildman–Crippen MR) is 92.0 cm³/mol. The van der Waals surface area contributed by atoms with E-state index in [1.165, 1.54) is 6.33 Å². The van der Waals surface area contributed by atoms with E-state index in [0.29, 0.717) is 19.8 Å². The molecule has 1 saturated heterocycles. The number of carbonyl (C=O) groups is 1. The third-order valence-electron chi connectivity index (χ3n) is 4.14. The standard InChI is InChI=1S/C16H21N5O2.ClH/c17-15(13-4-6-23-7-5-13)16(22)19-9-12-2-1-3-14(8-12)21-11-18-10-20-21;/h1-3,8,10-11,13,15H,4-7,9,17H2,(H,19,22);1H. The van der Waals surface area contributed by atoms with Gasteiger partial charge in [0.15, 0.2) is 0 Å². The third kappa shape index (κ3) is 4.53. The Morgan fingerprint density at radius 3 is 2.92 bits per heavy atom. The van der Waals surface area contributed by atoms with Gasteiger partial charge in [0.05, 0.1) is 11.7 Å². The van der Waals surface area contributed by atoms with Gasteiger partial charge >= 0.3 is 0 Å². The lowest BCUT2D eigenvalue weighted by atomic mass is 9.92. The van der Waals surface area contributed by atoms with E-state index >= 15 is 0 Å². The van der Waals surface area contributed by atoms with Gasteiger partial charge in [0.2, 0.25) is 5.91 Å². The van der Waals surface area contributed by atoms with Crippen LogP contribution in [0.5, 0.6) is 0 Å². The van der Waals surface area contributed by atoms with Crippen LogP contribution in [0.2, 0.25) is 0 Å². The molecular formula is C16H22ClN5O2. The van der Waals surface area contributed by atoms with Gasteiger partial charge in [-0.05, 0) is 36.5 Å². The summed E-state index contributed by atoms with van der Waals surface area (Å²) in [5.74, 6) is 0.0910. The molecule has 0 radical (unpaired) electrons. The molecule has 1 aromatic heterocycles. The first-order valence-corrected chi connectivity index (χ1v) is 7.79. The maximum absolute atomic E-state index is 12.2. The maximum Gasteiger partial charge on any atom is 0.237 e. The molecular weight excluding hydrogens is 330 g/mol. The molecule has 2 aromatic rings. The number of benzene rings is 1. The zero-order valence-corrected chi connectivity index (χ0v) is 14.1. The highest BCUT2D eigenvalue weighted by Gasteiger charge is 2.26. The summed E-state index contributed by atoms with van der Waals surface area (Å²) in [5, 5.41) is 7.02. The molecule has 1 amide bonds. The number of halogens is 1. The van der Waals surface area contributed by atoms with Gasteiger partial charge in [0.1, 0.15) is 12.7 Å². The van der Waals surface area contributed by atoms with Crippen LogP contribution >= 0.6 is 12.4 Å². The fourth-order valence-corrected chi connectivity index (χ4v) is 2.75. The van der Waals surface area contributed by atoms with Crippen LogP contribution in [0.15, 0.2) is 36.9 Å². The third-order valence-corrected chi connectivity index (χ3v) is 4.14. The Balaban J connectivity index is 0.00000208. The van der Waals surface area contributed by atoms with Crippen LogP contribution < -0.4 is 11.1 Å². The Bertz CT molecular complexity index is 644. The average molecular weight is 352 g/mol. The largest absolute Gasteiger partial charge is 0.381 e. The molecule has 0 aliphatic carbocycles. The highest BCUT2D eigenvalue weighted by atomic mass is 35.5. The topological polar surface area (TPSA) is 95.1 Å². The Kier molecular flexibility index (Phi) is 6.72. The van der Waals surface area contributed by atoms with E-state index in [2.05, 4.69) is 15.4 Å². The minimum atomic E-state index is -0.475. The van der Waals surface area contributed by atoms with Crippen molar-refractivity contribution in [1.29, 1.82) is 0 Å². The van der Waals surface area contributed by atoms with Crippen molar-refractivity contribution >= 4 is 18.3 Å². The Morgan fingerprint density at radius 2 is 2.21 bits per heavy atom. The van der Waals surface area contributed by atoms with Gasteiger partial charge in [-0.1, -0.05) is 12.1 Å². The minimum absolute atomic E-state index is 0. The van der Waals surface area contributed by atoms with E-state index in [1.54, 1.807) is 11.0 Å². The maximum atomic E-state index is 12.2. The SMILES string of the molecule is Cl.NC(C(=O)NCc1cccc(-n2cncn2)c1)C1CCOCC1. The van der Waals surface area contributed by atoms with Crippen molar-refractivity contribution in [3.63, 3.8) is 0 Å². The molecule has 1 aliphatic heterocycles. The summed E-state index contributed by atoms with van der Waals surface area (Å²) in [5.41, 5.74) is 7.97. The molecule has 2 heterocycles. The molecule has 1 unspecified atom stereocenters. The summed E-state index contributed by atoms with van der Waals surface area (Å²) in [7, 11) is 0. The number of hydrogen-bond acceptors (Lipinski definition) is 5. The van der Waals surface area contributed by atoms with Crippen molar-refractivity contribution < 1.29 is 9.53 Å². The van der Waals surface area contributed by atoms with Crippen LogP contribution in [-0.4, -0.2) is 39.9 Å². The van der Waals surface area contributed by atoms with Gasteiger partial charge in [-0.15, -0.1) is 12.4 Å². The van der Waals surface area contributed by atoms with E-state index in [1.807, 2.05) is 24.3 Å². The predicted octanol–water partition coefficient (Wildman–Crippen LogP) is 1.06. The van der Waals surface area contributed by atoms with Crippen LogP contribution in [-0.2, 0) is 16.1 Å². The number of nitrogens with one attached hydrogen (secondary N) is 1. The van der Waals surface area contributed by atoms with Crippen LogP contribution in [0.1, 0.15) is 18.4 Å². The van der Waals surface area contributed by atoms with Crippen LogP contribution in [0.3, 0.4) is 0 Å². The van der Waals surface area contributed by atoms with Crippen molar-refractivity contribution in [2.75, 3.05) is 13.2 Å². The first-order valence-electron chi connectivity index (χ1n) is 7.79. The molecule has 7 nitrogen and oxygen atoms in total. The minimum Gasteiger partial charge on any atom is -0.381 e. The lowest BCUT2D eigenvalue weighted by Crippen LogP contribution is -2.46. The molecule has 3 N–H and O–H groups in total. The Hall–Kier alpha value is -1.96. The smallest absolute Gasteiger partial charge is 0.237 e. The highest BCUT2D eigenvalue weighted by Crippen LogP contribution is 2.17. The van der Waals surface area contributed by atoms with Gasteiger partial charge in [0, 0.05) is 19.8 Å². The van der Waals surface area contributed by atoms with Crippen molar-refractivity contribution in [3.05, 3.63) is 42.5 Å². The van der Waals surface area contributed by atoms with Crippen LogP contribution in [0.4, 0.5) is 0 Å². The summed E-state index contributed by atoms with van der Waals surface area (Å²) in [6.45, 7) is 1.81. The summed E-state index contributed by atoms with van der Waals surface area (Å²) in [6, 6.07) is 7.32. The van der Waals surface area contributed by atoms with Crippen LogP contribution in [0.25, 0.3) is 5.69 Å². The first kappa shape index (κ1) is 18.4. The molecule has 0 spiro atoms. The van der Waals surface area contributed by atoms with Gasteiger partial charge < -0.3 is 15.8 Å². The molecule has 1 fully saturated rings. The Morgan fingerprint density at radius 1 is 1.42 bits per heavy atom. The number of rotatable bonds is 5. The lowest BCUT2D eigenvalue weighted by molar-refractivity contribution is -0.124. The average Bonchev–Trinajstić information content (AvgIpc) is 3.15. The molecule has 0 bridgehead atoms. The zero-order valence-electron chi connectivity index (χ0n) is 13.3. The van der Waals surface area contributed by atoms with Crippen molar-refractivity contribution in [3.8, 4) is 5.69 Å². The van der Waals surface area contributed by atoms with E-state index in [4.69, 9.17) is 10.5 Å². The second-order valence-corrected chi connectivity index (χ2v) is 5.70. The summed E-state index contributed by atoms with van der Waals surface area (Å²) >= 11 is 0. The fourth-order valence-electron chi connectivity index (χ4n) is 2.75. The highest BCUT2D eigenvalue weighted by molar-refractivity contribution is 5.85. The molecule has 1 aromatic carbocycles. The van der Waals surface area contributed by atoms with Crippen LogP contribution in [0, 0.1) is 5.92 Å². The van der Waals surface area contributed by atoms with Gasteiger partial charge in [-0.2, -0.15) is 5.10 Å². The van der Waals surface area contributed by atoms with Gasteiger partial charge in [0.25, 0.3) is 0 Å². The lowest BCUT2D eigenvalue weighted by Gasteiger charge is -2.26. The number of hydrogen-bond donors (Lipinski definition) is 2. The molecule has 1 aliphatic rings. The molecule has 8 heteroatoms. The summed E-state index contributed by atoms with van der Waals surface area (Å²) in [4.78, 5) is 16.2. The van der Waals surface area contributed by atoms with E-state index in [0.717, 1.165) is 24.1 Å².